The van der Waals surface area contributed by atoms with Crippen LogP contribution < -0.4 is 4.74 Å². The highest BCUT2D eigenvalue weighted by atomic mass is 19.4. The van der Waals surface area contributed by atoms with Crippen LogP contribution in [0.3, 0.4) is 0 Å². The zero-order chi connectivity index (χ0) is 14.6. The van der Waals surface area contributed by atoms with Crippen molar-refractivity contribution in [1.29, 1.82) is 0 Å². The molecule has 0 saturated carbocycles. The van der Waals surface area contributed by atoms with E-state index in [1.807, 2.05) is 13.8 Å². The lowest BCUT2D eigenvalue weighted by molar-refractivity contribution is -0.0885. The zero-order valence-electron chi connectivity index (χ0n) is 10.6. The van der Waals surface area contributed by atoms with Gasteiger partial charge < -0.3 is 4.74 Å². The molecule has 0 bridgehead atoms. The number of rotatable bonds is 5. The number of hydrogen-bond donors (Lipinski definition) is 0. The van der Waals surface area contributed by atoms with Gasteiger partial charge in [-0.05, 0) is 30.5 Å². The third-order valence-corrected chi connectivity index (χ3v) is 2.40. The maximum absolute atomic E-state index is 13.5. The van der Waals surface area contributed by atoms with E-state index in [0.29, 0.717) is 18.4 Å². The van der Waals surface area contributed by atoms with Gasteiger partial charge in [0.05, 0.1) is 6.61 Å². The van der Waals surface area contributed by atoms with Crippen LogP contribution in [0.25, 0.3) is 0 Å². The number of ketones is 1. The minimum absolute atomic E-state index is 0.153. The molecule has 0 fully saturated rings. The molecule has 0 aliphatic heterocycles. The first-order chi connectivity index (χ1) is 8.71. The maximum atomic E-state index is 13.5. The Labute approximate surface area is 108 Å². The van der Waals surface area contributed by atoms with Crippen LogP contribution in [-0.4, -0.2) is 18.6 Å². The van der Waals surface area contributed by atoms with Crippen molar-refractivity contribution in [3.8, 4) is 5.75 Å². The predicted octanol–water partition coefficient (Wildman–Crippen LogP) is 4.00. The van der Waals surface area contributed by atoms with Crippen LogP contribution in [-0.2, 0) is 0 Å². The lowest BCUT2D eigenvalue weighted by Gasteiger charge is -2.10. The first-order valence-corrected chi connectivity index (χ1v) is 5.75. The Morgan fingerprint density at radius 1 is 1.32 bits per heavy atom. The molecule has 19 heavy (non-hydrogen) atoms. The second-order valence-corrected chi connectivity index (χ2v) is 4.50. The van der Waals surface area contributed by atoms with E-state index in [9.17, 15) is 22.4 Å². The highest BCUT2D eigenvalue weighted by Crippen LogP contribution is 2.25. The van der Waals surface area contributed by atoms with E-state index in [1.165, 1.54) is 0 Å². The van der Waals surface area contributed by atoms with Gasteiger partial charge in [0.15, 0.2) is 11.6 Å². The van der Waals surface area contributed by atoms with Gasteiger partial charge in [-0.15, -0.1) is 0 Å². The largest absolute Gasteiger partial charge is 0.491 e. The predicted molar refractivity (Wildman–Crippen MR) is 61.7 cm³/mol. The Hall–Kier alpha value is -1.59. The smallest absolute Gasteiger partial charge is 0.454 e. The summed E-state index contributed by atoms with van der Waals surface area (Å²) in [5.74, 6) is -2.83. The molecule has 0 atom stereocenters. The molecule has 0 unspecified atom stereocenters. The van der Waals surface area contributed by atoms with Crippen molar-refractivity contribution in [1.82, 2.24) is 0 Å². The summed E-state index contributed by atoms with van der Waals surface area (Å²) in [5, 5.41) is 0. The van der Waals surface area contributed by atoms with Crippen LogP contribution in [0.5, 0.6) is 5.75 Å². The number of hydrogen-bond acceptors (Lipinski definition) is 2. The molecule has 6 heteroatoms. The fourth-order valence-corrected chi connectivity index (χ4v) is 1.33. The van der Waals surface area contributed by atoms with Crippen molar-refractivity contribution in [2.24, 2.45) is 5.92 Å². The van der Waals surface area contributed by atoms with Crippen molar-refractivity contribution >= 4 is 5.78 Å². The molecule has 0 heterocycles. The van der Waals surface area contributed by atoms with Gasteiger partial charge in [-0.2, -0.15) is 13.2 Å². The van der Waals surface area contributed by atoms with Crippen LogP contribution in [0, 0.1) is 11.7 Å². The number of benzene rings is 1. The topological polar surface area (TPSA) is 26.3 Å². The number of carbonyl (C=O) groups excluding carboxylic acids is 1. The summed E-state index contributed by atoms with van der Waals surface area (Å²) in [7, 11) is 0. The van der Waals surface area contributed by atoms with Crippen LogP contribution in [0.15, 0.2) is 18.2 Å². The van der Waals surface area contributed by atoms with Gasteiger partial charge in [-0.25, -0.2) is 4.39 Å². The minimum atomic E-state index is -5.01. The lowest BCUT2D eigenvalue weighted by Crippen LogP contribution is -2.22. The second kappa shape index (κ2) is 6.04. The summed E-state index contributed by atoms with van der Waals surface area (Å²) in [5.41, 5.74) is -0.735. The van der Waals surface area contributed by atoms with E-state index >= 15 is 0 Å². The van der Waals surface area contributed by atoms with Crippen molar-refractivity contribution in [2.45, 2.75) is 26.4 Å². The van der Waals surface area contributed by atoms with E-state index < -0.39 is 23.3 Å². The molecular formula is C13H14F4O2. The summed E-state index contributed by atoms with van der Waals surface area (Å²) < 4.78 is 55.0. The molecule has 0 amide bonds. The van der Waals surface area contributed by atoms with Crippen LogP contribution in [0.4, 0.5) is 17.6 Å². The molecule has 0 aliphatic rings. The summed E-state index contributed by atoms with van der Waals surface area (Å²) >= 11 is 0. The number of alkyl halides is 3. The van der Waals surface area contributed by atoms with Crippen molar-refractivity contribution in [2.75, 3.05) is 6.61 Å². The van der Waals surface area contributed by atoms with Crippen molar-refractivity contribution in [3.05, 3.63) is 29.6 Å². The lowest BCUT2D eigenvalue weighted by atomic mass is 10.1. The molecular weight excluding hydrogens is 264 g/mol. The molecule has 1 rings (SSSR count). The Balaban J connectivity index is 2.78. The minimum Gasteiger partial charge on any atom is -0.491 e. The molecule has 2 nitrogen and oxygen atoms in total. The van der Waals surface area contributed by atoms with Gasteiger partial charge in [0, 0.05) is 5.56 Å². The van der Waals surface area contributed by atoms with E-state index in [4.69, 9.17) is 4.74 Å². The first-order valence-electron chi connectivity index (χ1n) is 5.75. The van der Waals surface area contributed by atoms with Gasteiger partial charge in [-0.3, -0.25) is 4.79 Å². The van der Waals surface area contributed by atoms with Crippen LogP contribution in [0.1, 0.15) is 30.6 Å². The first kappa shape index (κ1) is 15.5. The second-order valence-electron chi connectivity index (χ2n) is 4.50. The van der Waals surface area contributed by atoms with Crippen molar-refractivity contribution in [3.63, 3.8) is 0 Å². The molecule has 0 aliphatic carbocycles. The fourth-order valence-electron chi connectivity index (χ4n) is 1.33. The monoisotopic (exact) mass is 278 g/mol. The normalized spacial score (nSPS) is 11.7. The SMILES string of the molecule is CC(C)CCOc1ccc(C(=O)C(F)(F)F)cc1F. The molecule has 1 aromatic carbocycles. The fraction of sp³-hybridized carbons (Fsp3) is 0.462. The molecule has 0 spiro atoms. The Morgan fingerprint density at radius 3 is 2.42 bits per heavy atom. The molecule has 0 N–H and O–H groups in total. The standard InChI is InChI=1S/C13H14F4O2/c1-8(2)5-6-19-11-4-3-9(7-10(11)14)12(18)13(15,16)17/h3-4,7-8H,5-6H2,1-2H3. The van der Waals surface area contributed by atoms with Crippen LogP contribution in [0.2, 0.25) is 0 Å². The van der Waals surface area contributed by atoms with E-state index in [1.54, 1.807) is 0 Å². The zero-order valence-corrected chi connectivity index (χ0v) is 10.6. The Bertz CT molecular complexity index is 452. The summed E-state index contributed by atoms with van der Waals surface area (Å²) in [6.07, 6.45) is -4.31. The van der Waals surface area contributed by atoms with Gasteiger partial charge >= 0.3 is 6.18 Å². The number of carbonyl (C=O) groups is 1. The van der Waals surface area contributed by atoms with Gasteiger partial charge in [-0.1, -0.05) is 13.8 Å². The van der Waals surface area contributed by atoms with Gasteiger partial charge in [0.2, 0.25) is 0 Å². The molecule has 106 valence electrons. The molecule has 0 saturated heterocycles. The molecule has 0 radical (unpaired) electrons. The Morgan fingerprint density at radius 2 is 1.95 bits per heavy atom. The summed E-state index contributed by atoms with van der Waals surface area (Å²) in [6, 6.07) is 2.48. The average molecular weight is 278 g/mol. The van der Waals surface area contributed by atoms with E-state index in [2.05, 4.69) is 0 Å². The summed E-state index contributed by atoms with van der Waals surface area (Å²) in [4.78, 5) is 10.9. The summed E-state index contributed by atoms with van der Waals surface area (Å²) in [6.45, 7) is 4.19. The third kappa shape index (κ3) is 4.54. The highest BCUT2D eigenvalue weighted by molar-refractivity contribution is 6.00. The quantitative estimate of drug-likeness (QED) is 0.601. The van der Waals surface area contributed by atoms with Gasteiger partial charge in [0.25, 0.3) is 5.78 Å². The van der Waals surface area contributed by atoms with Crippen LogP contribution >= 0.6 is 0 Å². The van der Waals surface area contributed by atoms with E-state index in [-0.39, 0.29) is 12.4 Å². The molecule has 0 aromatic heterocycles. The Kier molecular flexibility index (Phi) is 4.91. The maximum Gasteiger partial charge on any atom is 0.454 e. The van der Waals surface area contributed by atoms with E-state index in [0.717, 1.165) is 12.1 Å². The number of halogens is 4. The molecule has 1 aromatic rings. The van der Waals surface area contributed by atoms with Gasteiger partial charge in [0.1, 0.15) is 0 Å². The highest BCUT2D eigenvalue weighted by Gasteiger charge is 2.39. The number of Topliss-reactive ketones (excluding diaryl/α,β-unsaturated/α-hetero) is 1. The average Bonchev–Trinajstić information content (AvgIpc) is 2.28. The number of ether oxygens (including phenoxy) is 1. The third-order valence-electron chi connectivity index (χ3n) is 2.40. The van der Waals surface area contributed by atoms with Crippen molar-refractivity contribution < 1.29 is 27.1 Å².